The van der Waals surface area contributed by atoms with Gasteiger partial charge < -0.3 is 10.6 Å². The van der Waals surface area contributed by atoms with Gasteiger partial charge in [-0.15, -0.1) is 0 Å². The molecule has 2 rings (SSSR count). The maximum Gasteiger partial charge on any atom is 0.234 e. The first-order chi connectivity index (χ1) is 8.55. The fourth-order valence-corrected chi connectivity index (χ4v) is 3.64. The first-order valence-corrected chi connectivity index (χ1v) is 8.30. The Bertz CT molecular complexity index is 376. The molecule has 1 amide bonds. The van der Waals surface area contributed by atoms with Crippen molar-refractivity contribution in [3.63, 3.8) is 0 Å². The fraction of sp³-hybridized carbons (Fsp3) is 0.909. The van der Waals surface area contributed by atoms with E-state index in [9.17, 15) is 13.2 Å². The zero-order valence-electron chi connectivity index (χ0n) is 10.5. The molecule has 18 heavy (non-hydrogen) atoms. The van der Waals surface area contributed by atoms with E-state index in [1.165, 1.54) is 0 Å². The molecule has 7 heteroatoms. The number of sulfone groups is 1. The molecule has 0 saturated carbocycles. The standard InChI is InChI=1S/C11H21N3O3S/c15-11(13-10-2-1-3-12-8-10)9-14-4-6-18(16,17)7-5-14/h10,12H,1-9H2,(H,13,15)/t10-/m0/s1. The second-order valence-electron chi connectivity index (χ2n) is 5.04. The topological polar surface area (TPSA) is 78.5 Å². The smallest absolute Gasteiger partial charge is 0.234 e. The van der Waals surface area contributed by atoms with Gasteiger partial charge in [-0.1, -0.05) is 0 Å². The molecule has 0 radical (unpaired) electrons. The minimum absolute atomic E-state index is 0.00278. The third kappa shape index (κ3) is 4.22. The van der Waals surface area contributed by atoms with E-state index in [0.29, 0.717) is 19.6 Å². The van der Waals surface area contributed by atoms with E-state index in [2.05, 4.69) is 10.6 Å². The van der Waals surface area contributed by atoms with E-state index in [1.54, 1.807) is 0 Å². The van der Waals surface area contributed by atoms with E-state index in [4.69, 9.17) is 0 Å². The summed E-state index contributed by atoms with van der Waals surface area (Å²) in [6.45, 7) is 3.11. The van der Waals surface area contributed by atoms with Crippen LogP contribution < -0.4 is 10.6 Å². The number of carbonyl (C=O) groups excluding carboxylic acids is 1. The Morgan fingerprint density at radius 1 is 1.33 bits per heavy atom. The Labute approximate surface area is 108 Å². The van der Waals surface area contributed by atoms with Gasteiger partial charge in [0.1, 0.15) is 0 Å². The molecule has 0 unspecified atom stereocenters. The summed E-state index contributed by atoms with van der Waals surface area (Å²) in [5, 5.41) is 6.24. The van der Waals surface area contributed by atoms with Crippen LogP contribution in [0, 0.1) is 0 Å². The van der Waals surface area contributed by atoms with Crippen molar-refractivity contribution < 1.29 is 13.2 Å². The summed E-state index contributed by atoms with van der Waals surface area (Å²) in [6.07, 6.45) is 2.11. The summed E-state index contributed by atoms with van der Waals surface area (Å²) < 4.78 is 22.5. The normalized spacial score (nSPS) is 28.8. The van der Waals surface area contributed by atoms with Crippen molar-refractivity contribution >= 4 is 15.7 Å². The van der Waals surface area contributed by atoms with Gasteiger partial charge in [-0.2, -0.15) is 0 Å². The van der Waals surface area contributed by atoms with Gasteiger partial charge in [-0.05, 0) is 19.4 Å². The molecule has 2 aliphatic rings. The van der Waals surface area contributed by atoms with Crippen molar-refractivity contribution in [2.45, 2.75) is 18.9 Å². The van der Waals surface area contributed by atoms with E-state index in [-0.39, 0.29) is 23.5 Å². The molecule has 0 aromatic carbocycles. The predicted molar refractivity (Wildman–Crippen MR) is 69.1 cm³/mol. The molecule has 6 nitrogen and oxygen atoms in total. The van der Waals surface area contributed by atoms with Crippen molar-refractivity contribution in [3.05, 3.63) is 0 Å². The monoisotopic (exact) mass is 275 g/mol. The number of nitrogens with one attached hydrogen (secondary N) is 2. The van der Waals surface area contributed by atoms with Crippen molar-refractivity contribution in [3.8, 4) is 0 Å². The number of hydrogen-bond donors (Lipinski definition) is 2. The first kappa shape index (κ1) is 13.8. The Kier molecular flexibility index (Phi) is 4.58. The van der Waals surface area contributed by atoms with E-state index in [1.807, 2.05) is 4.90 Å². The third-order valence-corrected chi connectivity index (χ3v) is 5.08. The number of carbonyl (C=O) groups is 1. The molecular formula is C11H21N3O3S. The summed E-state index contributed by atoms with van der Waals surface area (Å²) in [7, 11) is -2.86. The fourth-order valence-electron chi connectivity index (χ4n) is 2.36. The van der Waals surface area contributed by atoms with Gasteiger partial charge in [0.25, 0.3) is 0 Å². The number of hydrogen-bond acceptors (Lipinski definition) is 5. The van der Waals surface area contributed by atoms with Crippen LogP contribution in [0.2, 0.25) is 0 Å². The van der Waals surface area contributed by atoms with Crippen LogP contribution in [0.4, 0.5) is 0 Å². The lowest BCUT2D eigenvalue weighted by Gasteiger charge is -2.28. The quantitative estimate of drug-likeness (QED) is 0.661. The lowest BCUT2D eigenvalue weighted by Crippen LogP contribution is -2.50. The molecule has 2 fully saturated rings. The van der Waals surface area contributed by atoms with Crippen LogP contribution in [0.25, 0.3) is 0 Å². The Hall–Kier alpha value is -0.660. The lowest BCUT2D eigenvalue weighted by atomic mass is 10.1. The second-order valence-corrected chi connectivity index (χ2v) is 7.34. The Balaban J connectivity index is 1.71. The van der Waals surface area contributed by atoms with E-state index >= 15 is 0 Å². The molecule has 2 saturated heterocycles. The van der Waals surface area contributed by atoms with Gasteiger partial charge in [0.2, 0.25) is 5.91 Å². The van der Waals surface area contributed by atoms with Crippen LogP contribution in [0.3, 0.4) is 0 Å². The molecule has 0 aliphatic carbocycles. The number of nitrogens with zero attached hydrogens (tertiary/aromatic N) is 1. The number of piperidine rings is 1. The average molecular weight is 275 g/mol. The van der Waals surface area contributed by atoms with Crippen LogP contribution in [-0.2, 0) is 14.6 Å². The Morgan fingerprint density at radius 3 is 2.67 bits per heavy atom. The molecule has 0 spiro atoms. The second kappa shape index (κ2) is 5.99. The van der Waals surface area contributed by atoms with Gasteiger partial charge in [-0.3, -0.25) is 9.69 Å². The maximum absolute atomic E-state index is 11.8. The molecule has 0 aromatic heterocycles. The van der Waals surface area contributed by atoms with Gasteiger partial charge in [0, 0.05) is 25.7 Å². The van der Waals surface area contributed by atoms with Crippen LogP contribution >= 0.6 is 0 Å². The molecule has 0 aromatic rings. The zero-order valence-corrected chi connectivity index (χ0v) is 11.3. The minimum Gasteiger partial charge on any atom is -0.351 e. The molecule has 104 valence electrons. The summed E-state index contributed by atoms with van der Waals surface area (Å²) in [6, 6.07) is 0.222. The summed E-state index contributed by atoms with van der Waals surface area (Å²) in [5.74, 6) is 0.347. The largest absolute Gasteiger partial charge is 0.351 e. The SMILES string of the molecule is O=C(CN1CCS(=O)(=O)CC1)N[C@H]1CCCNC1. The van der Waals surface area contributed by atoms with Gasteiger partial charge in [0.05, 0.1) is 18.1 Å². The van der Waals surface area contributed by atoms with Crippen LogP contribution in [0.1, 0.15) is 12.8 Å². The number of rotatable bonds is 3. The number of amides is 1. The van der Waals surface area contributed by atoms with Crippen molar-refractivity contribution in [2.75, 3.05) is 44.2 Å². The average Bonchev–Trinajstić information content (AvgIpc) is 2.33. The van der Waals surface area contributed by atoms with Crippen molar-refractivity contribution in [2.24, 2.45) is 0 Å². The Morgan fingerprint density at radius 2 is 2.06 bits per heavy atom. The minimum atomic E-state index is -2.86. The maximum atomic E-state index is 11.8. The van der Waals surface area contributed by atoms with Gasteiger partial charge in [0.15, 0.2) is 9.84 Å². The molecule has 1 atom stereocenters. The molecule has 0 bridgehead atoms. The highest BCUT2D eigenvalue weighted by Crippen LogP contribution is 2.04. The summed E-state index contributed by atoms with van der Waals surface area (Å²) >= 11 is 0. The zero-order chi connectivity index (χ0) is 13.0. The van der Waals surface area contributed by atoms with Gasteiger partial charge in [-0.25, -0.2) is 8.42 Å². The van der Waals surface area contributed by atoms with E-state index < -0.39 is 9.84 Å². The molecule has 2 heterocycles. The summed E-state index contributed by atoms with van der Waals surface area (Å²) in [5.41, 5.74) is 0. The lowest BCUT2D eigenvalue weighted by molar-refractivity contribution is -0.123. The van der Waals surface area contributed by atoms with Crippen LogP contribution in [-0.4, -0.2) is 69.5 Å². The van der Waals surface area contributed by atoms with Gasteiger partial charge >= 0.3 is 0 Å². The molecule has 2 aliphatic heterocycles. The highest BCUT2D eigenvalue weighted by Gasteiger charge is 2.23. The molecular weight excluding hydrogens is 254 g/mol. The predicted octanol–water partition coefficient (Wildman–Crippen LogP) is -1.41. The first-order valence-electron chi connectivity index (χ1n) is 6.48. The van der Waals surface area contributed by atoms with Crippen LogP contribution in [0.15, 0.2) is 0 Å². The van der Waals surface area contributed by atoms with Crippen molar-refractivity contribution in [1.82, 2.24) is 15.5 Å². The summed E-state index contributed by atoms with van der Waals surface area (Å²) in [4.78, 5) is 13.7. The highest BCUT2D eigenvalue weighted by molar-refractivity contribution is 7.91. The van der Waals surface area contributed by atoms with E-state index in [0.717, 1.165) is 25.9 Å². The molecule has 2 N–H and O–H groups in total. The highest BCUT2D eigenvalue weighted by atomic mass is 32.2. The third-order valence-electron chi connectivity index (χ3n) is 3.47. The van der Waals surface area contributed by atoms with Crippen LogP contribution in [0.5, 0.6) is 0 Å². The van der Waals surface area contributed by atoms with Crippen molar-refractivity contribution in [1.29, 1.82) is 0 Å².